The second-order valence-electron chi connectivity index (χ2n) is 8.34. The number of H-pyrrole nitrogens is 1. The molecule has 1 fully saturated rings. The van der Waals surface area contributed by atoms with Gasteiger partial charge in [-0.3, -0.25) is 14.7 Å². The summed E-state index contributed by atoms with van der Waals surface area (Å²) in [5.41, 5.74) is 4.28. The highest BCUT2D eigenvalue weighted by atomic mass is 16.5. The Labute approximate surface area is 172 Å². The zero-order valence-corrected chi connectivity index (χ0v) is 17.5. The van der Waals surface area contributed by atoms with Gasteiger partial charge in [0.25, 0.3) is 5.56 Å². The Morgan fingerprint density at radius 1 is 1.24 bits per heavy atom. The van der Waals surface area contributed by atoms with E-state index in [1.165, 1.54) is 11.1 Å². The molecule has 0 aliphatic carbocycles. The molecule has 1 aromatic heterocycles. The first kappa shape index (κ1) is 19.9. The summed E-state index contributed by atoms with van der Waals surface area (Å²) in [4.78, 5) is 25.1. The molecule has 4 rings (SSSR count). The van der Waals surface area contributed by atoms with Crippen LogP contribution in [0, 0.1) is 0 Å². The van der Waals surface area contributed by atoms with E-state index in [0.29, 0.717) is 12.5 Å². The Balaban J connectivity index is 1.50. The molecule has 0 radical (unpaired) electrons. The number of benzene rings is 1. The Kier molecular flexibility index (Phi) is 5.83. The van der Waals surface area contributed by atoms with Crippen LogP contribution in [0.3, 0.4) is 0 Å². The zero-order chi connectivity index (χ0) is 20.4. The normalized spacial score (nSPS) is 23.1. The lowest BCUT2D eigenvalue weighted by Crippen LogP contribution is -2.47. The van der Waals surface area contributed by atoms with Crippen LogP contribution in [0.25, 0.3) is 6.08 Å². The minimum atomic E-state index is 0.00741. The highest BCUT2D eigenvalue weighted by Crippen LogP contribution is 2.20. The average Bonchev–Trinajstić information content (AvgIpc) is 2.67. The number of rotatable bonds is 4. The van der Waals surface area contributed by atoms with E-state index in [4.69, 9.17) is 9.72 Å². The quantitative estimate of drug-likeness (QED) is 0.864. The van der Waals surface area contributed by atoms with E-state index in [0.717, 1.165) is 43.9 Å². The number of hydrogen-bond acceptors (Lipinski definition) is 5. The first-order valence-corrected chi connectivity index (χ1v) is 10.4. The van der Waals surface area contributed by atoms with Crippen LogP contribution in [-0.2, 0) is 17.7 Å². The topological polar surface area (TPSA) is 61.5 Å². The molecule has 0 unspecified atom stereocenters. The number of morpholine rings is 1. The number of nitrogens with zero attached hydrogens (tertiary/aromatic N) is 3. The molecule has 1 aromatic carbocycles. The molecule has 0 spiro atoms. The van der Waals surface area contributed by atoms with E-state index in [1.54, 1.807) is 0 Å². The SMILES string of the molecule is C/C(=C\c1ccccc1)CN1CCc2c(nc(N3C[C@@H](C)O[C@@H](C)C3)[nH]c2=O)C1. The van der Waals surface area contributed by atoms with Crippen molar-refractivity contribution in [2.45, 2.75) is 45.9 Å². The van der Waals surface area contributed by atoms with Gasteiger partial charge < -0.3 is 9.64 Å². The molecule has 0 bridgehead atoms. The second-order valence-corrected chi connectivity index (χ2v) is 8.34. The van der Waals surface area contributed by atoms with E-state index in [9.17, 15) is 4.79 Å². The van der Waals surface area contributed by atoms with E-state index < -0.39 is 0 Å². The van der Waals surface area contributed by atoms with Gasteiger partial charge in [-0.25, -0.2) is 4.98 Å². The maximum atomic E-state index is 12.7. The molecule has 154 valence electrons. The predicted molar refractivity (Wildman–Crippen MR) is 116 cm³/mol. The molecule has 2 atom stereocenters. The van der Waals surface area contributed by atoms with Crippen molar-refractivity contribution in [3.63, 3.8) is 0 Å². The number of hydrogen-bond donors (Lipinski definition) is 1. The third-order valence-electron chi connectivity index (χ3n) is 5.54. The Morgan fingerprint density at radius 2 is 1.97 bits per heavy atom. The van der Waals surface area contributed by atoms with Gasteiger partial charge in [-0.05, 0) is 32.8 Å². The number of nitrogens with one attached hydrogen (secondary N) is 1. The van der Waals surface area contributed by atoms with Crippen LogP contribution >= 0.6 is 0 Å². The average molecular weight is 395 g/mol. The summed E-state index contributed by atoms with van der Waals surface area (Å²) in [7, 11) is 0. The van der Waals surface area contributed by atoms with Gasteiger partial charge in [-0.2, -0.15) is 0 Å². The lowest BCUT2D eigenvalue weighted by molar-refractivity contribution is -0.00576. The number of ether oxygens (including phenoxy) is 1. The van der Waals surface area contributed by atoms with Crippen LogP contribution in [0.5, 0.6) is 0 Å². The molecule has 6 nitrogen and oxygen atoms in total. The van der Waals surface area contributed by atoms with E-state index in [2.05, 4.69) is 65.9 Å². The van der Waals surface area contributed by atoms with Crippen molar-refractivity contribution in [1.29, 1.82) is 0 Å². The molecule has 29 heavy (non-hydrogen) atoms. The summed E-state index contributed by atoms with van der Waals surface area (Å²) in [6.45, 7) is 10.2. The van der Waals surface area contributed by atoms with E-state index >= 15 is 0 Å². The molecule has 0 saturated carbocycles. The molecule has 2 aliphatic heterocycles. The number of fused-ring (bicyclic) bond motifs is 1. The van der Waals surface area contributed by atoms with Crippen molar-refractivity contribution in [1.82, 2.24) is 14.9 Å². The maximum absolute atomic E-state index is 12.7. The fraction of sp³-hybridized carbons (Fsp3) is 0.478. The minimum Gasteiger partial charge on any atom is -0.372 e. The van der Waals surface area contributed by atoms with E-state index in [1.807, 2.05) is 6.07 Å². The first-order chi connectivity index (χ1) is 14.0. The third-order valence-corrected chi connectivity index (χ3v) is 5.54. The highest BCUT2D eigenvalue weighted by Gasteiger charge is 2.26. The molecule has 2 aliphatic rings. The molecule has 1 N–H and O–H groups in total. The minimum absolute atomic E-state index is 0.00741. The van der Waals surface area contributed by atoms with Gasteiger partial charge in [0.05, 0.1) is 17.9 Å². The van der Waals surface area contributed by atoms with Crippen molar-refractivity contribution in [3.8, 4) is 0 Å². The summed E-state index contributed by atoms with van der Waals surface area (Å²) in [6, 6.07) is 10.4. The monoisotopic (exact) mass is 394 g/mol. The second kappa shape index (κ2) is 8.51. The van der Waals surface area contributed by atoms with Crippen molar-refractivity contribution in [3.05, 3.63) is 63.1 Å². The third kappa shape index (κ3) is 4.77. The van der Waals surface area contributed by atoms with Crippen LogP contribution in [0.2, 0.25) is 0 Å². The van der Waals surface area contributed by atoms with Crippen molar-refractivity contribution >= 4 is 12.0 Å². The lowest BCUT2D eigenvalue weighted by atomic mass is 10.1. The van der Waals surface area contributed by atoms with Gasteiger partial charge in [-0.1, -0.05) is 42.0 Å². The number of aromatic amines is 1. The molecule has 2 aromatic rings. The highest BCUT2D eigenvalue weighted by molar-refractivity contribution is 5.52. The van der Waals surface area contributed by atoms with Crippen LogP contribution in [-0.4, -0.2) is 53.3 Å². The maximum Gasteiger partial charge on any atom is 0.255 e. The molecule has 6 heteroatoms. The first-order valence-electron chi connectivity index (χ1n) is 10.4. The lowest BCUT2D eigenvalue weighted by Gasteiger charge is -2.36. The summed E-state index contributed by atoms with van der Waals surface area (Å²) >= 11 is 0. The summed E-state index contributed by atoms with van der Waals surface area (Å²) in [5.74, 6) is 0.675. The standard InChI is InChI=1S/C23H30N4O2/c1-16(11-19-7-5-4-6-8-19)12-26-10-9-20-21(15-26)24-23(25-22(20)28)27-13-17(2)29-18(3)14-27/h4-8,11,17-18H,9-10,12-15H2,1-3H3,(H,24,25,28)/b16-11+/t17-,18+. The summed E-state index contributed by atoms with van der Waals surface area (Å²) < 4.78 is 5.81. The van der Waals surface area contributed by atoms with Crippen LogP contribution < -0.4 is 10.5 Å². The number of aromatic nitrogens is 2. The largest absolute Gasteiger partial charge is 0.372 e. The summed E-state index contributed by atoms with van der Waals surface area (Å²) in [6.07, 6.45) is 3.22. The Morgan fingerprint density at radius 3 is 2.69 bits per heavy atom. The molecular formula is C23H30N4O2. The molecule has 3 heterocycles. The van der Waals surface area contributed by atoms with Gasteiger partial charge in [0.15, 0.2) is 0 Å². The Bertz CT molecular complexity index is 928. The smallest absolute Gasteiger partial charge is 0.255 e. The van der Waals surface area contributed by atoms with Gasteiger partial charge in [0.1, 0.15) is 0 Å². The van der Waals surface area contributed by atoms with Crippen LogP contribution in [0.1, 0.15) is 37.6 Å². The van der Waals surface area contributed by atoms with Gasteiger partial charge >= 0.3 is 0 Å². The molecule has 1 saturated heterocycles. The Hall–Kier alpha value is -2.44. The zero-order valence-electron chi connectivity index (χ0n) is 17.5. The van der Waals surface area contributed by atoms with Crippen molar-refractivity contribution in [2.75, 3.05) is 31.1 Å². The molecule has 0 amide bonds. The molecular weight excluding hydrogens is 364 g/mol. The fourth-order valence-electron chi connectivity index (χ4n) is 4.35. The van der Waals surface area contributed by atoms with E-state index in [-0.39, 0.29) is 17.8 Å². The van der Waals surface area contributed by atoms with Crippen molar-refractivity contribution < 1.29 is 4.74 Å². The summed E-state index contributed by atoms with van der Waals surface area (Å²) in [5, 5.41) is 0. The fourth-order valence-corrected chi connectivity index (χ4v) is 4.35. The van der Waals surface area contributed by atoms with Gasteiger partial charge in [-0.15, -0.1) is 0 Å². The predicted octanol–water partition coefficient (Wildman–Crippen LogP) is 2.85. The number of anilines is 1. The van der Waals surface area contributed by atoms with Gasteiger partial charge in [0.2, 0.25) is 5.95 Å². The van der Waals surface area contributed by atoms with Crippen LogP contribution in [0.15, 0.2) is 40.7 Å². The van der Waals surface area contributed by atoms with Gasteiger partial charge in [0, 0.05) is 38.3 Å². The van der Waals surface area contributed by atoms with Crippen molar-refractivity contribution in [2.24, 2.45) is 0 Å². The van der Waals surface area contributed by atoms with Crippen LogP contribution in [0.4, 0.5) is 5.95 Å².